The molecule has 208 valence electrons. The van der Waals surface area contributed by atoms with Crippen LogP contribution in [0, 0.1) is 17.6 Å². The van der Waals surface area contributed by atoms with Crippen molar-refractivity contribution in [3.63, 3.8) is 0 Å². The van der Waals surface area contributed by atoms with Crippen molar-refractivity contribution in [1.82, 2.24) is 14.2 Å². The first kappa shape index (κ1) is 26.4. The van der Waals surface area contributed by atoms with Crippen molar-refractivity contribution in [3.8, 4) is 0 Å². The summed E-state index contributed by atoms with van der Waals surface area (Å²) in [7, 11) is -7.18. The average molecular weight is 577 g/mol. The lowest BCUT2D eigenvalue weighted by atomic mass is 9.99. The van der Waals surface area contributed by atoms with Crippen LogP contribution in [0.5, 0.6) is 0 Å². The maximum Gasteiger partial charge on any atom is 0.304 e. The van der Waals surface area contributed by atoms with Gasteiger partial charge in [0.15, 0.2) is 21.5 Å². The third-order valence-corrected chi connectivity index (χ3v) is 10.8. The van der Waals surface area contributed by atoms with E-state index in [0.717, 1.165) is 36.3 Å². The van der Waals surface area contributed by atoms with E-state index in [1.165, 1.54) is 14.7 Å². The second-order valence-corrected chi connectivity index (χ2v) is 14.5. The third kappa shape index (κ3) is 4.99. The molecular weight excluding hydrogens is 546 g/mol. The first-order chi connectivity index (χ1) is 18.5. The third-order valence-electron chi connectivity index (χ3n) is 7.86. The Balaban J connectivity index is 1.21. The first-order valence-electron chi connectivity index (χ1n) is 13.0. The molecule has 6 rings (SSSR count). The fraction of sp³-hybridized carbons (Fsp3) is 0.407. The van der Waals surface area contributed by atoms with Gasteiger partial charge in [-0.3, -0.25) is 9.21 Å². The van der Waals surface area contributed by atoms with Gasteiger partial charge in [0.25, 0.3) is 0 Å². The van der Waals surface area contributed by atoms with Crippen LogP contribution in [-0.2, 0) is 26.6 Å². The summed E-state index contributed by atoms with van der Waals surface area (Å²) in [5.74, 6) is -1.43. The highest BCUT2D eigenvalue weighted by atomic mass is 32.2. The van der Waals surface area contributed by atoms with Gasteiger partial charge in [-0.2, -0.15) is 12.7 Å². The van der Waals surface area contributed by atoms with Crippen molar-refractivity contribution in [3.05, 3.63) is 65.4 Å². The summed E-state index contributed by atoms with van der Waals surface area (Å²) < 4.78 is 82.2. The Kier molecular flexibility index (Phi) is 6.56. The molecule has 3 heterocycles. The number of halogens is 2. The zero-order valence-electron chi connectivity index (χ0n) is 21.5. The van der Waals surface area contributed by atoms with E-state index in [9.17, 15) is 25.6 Å². The van der Waals surface area contributed by atoms with Crippen LogP contribution in [0.3, 0.4) is 0 Å². The minimum Gasteiger partial charge on any atom is -0.358 e. The van der Waals surface area contributed by atoms with Crippen LogP contribution in [0.4, 0.5) is 14.5 Å². The lowest BCUT2D eigenvalue weighted by Gasteiger charge is -2.39. The molecule has 39 heavy (non-hydrogen) atoms. The van der Waals surface area contributed by atoms with E-state index < -0.39 is 31.7 Å². The summed E-state index contributed by atoms with van der Waals surface area (Å²) in [6, 6.07) is 7.38. The maximum absolute atomic E-state index is 14.1. The fourth-order valence-electron chi connectivity index (χ4n) is 5.48. The molecule has 0 atom stereocenters. The van der Waals surface area contributed by atoms with Gasteiger partial charge in [0.05, 0.1) is 16.1 Å². The van der Waals surface area contributed by atoms with Crippen LogP contribution in [0.1, 0.15) is 30.4 Å². The molecule has 2 aromatic carbocycles. The molecule has 12 heteroatoms. The van der Waals surface area contributed by atoms with Crippen molar-refractivity contribution < 1.29 is 25.6 Å². The van der Waals surface area contributed by atoms with Gasteiger partial charge < -0.3 is 4.98 Å². The summed E-state index contributed by atoms with van der Waals surface area (Å²) in [5, 5.41) is 0.633. The van der Waals surface area contributed by atoms with Crippen LogP contribution in [0.2, 0.25) is 0 Å². The van der Waals surface area contributed by atoms with E-state index in [1.54, 1.807) is 24.4 Å². The van der Waals surface area contributed by atoms with Gasteiger partial charge in [-0.15, -0.1) is 0 Å². The number of H-pyrrole nitrogens is 1. The largest absolute Gasteiger partial charge is 0.358 e. The number of rotatable bonds is 7. The molecule has 1 aromatic heterocycles. The lowest BCUT2D eigenvalue weighted by Crippen LogP contribution is -2.50. The minimum absolute atomic E-state index is 0.150. The monoisotopic (exact) mass is 576 g/mol. The molecule has 0 saturated heterocycles. The molecule has 0 bridgehead atoms. The second-order valence-electron chi connectivity index (χ2n) is 10.6. The van der Waals surface area contributed by atoms with Crippen molar-refractivity contribution in [2.45, 2.75) is 30.7 Å². The molecule has 1 fully saturated rings. The van der Waals surface area contributed by atoms with Crippen LogP contribution >= 0.6 is 0 Å². The Morgan fingerprint density at radius 2 is 1.90 bits per heavy atom. The molecule has 0 unspecified atom stereocenters. The van der Waals surface area contributed by atoms with Gasteiger partial charge in [-0.05, 0) is 66.6 Å². The van der Waals surface area contributed by atoms with Gasteiger partial charge in [0.1, 0.15) is 0 Å². The lowest BCUT2D eigenvalue weighted by molar-refractivity contribution is 0.308. The Hall–Kier alpha value is -2.80. The van der Waals surface area contributed by atoms with Gasteiger partial charge >= 0.3 is 10.2 Å². The summed E-state index contributed by atoms with van der Waals surface area (Å²) >= 11 is 0. The topological polar surface area (TPSA) is 93.8 Å². The molecule has 1 aliphatic carbocycles. The van der Waals surface area contributed by atoms with Gasteiger partial charge in [-0.25, -0.2) is 17.2 Å². The van der Waals surface area contributed by atoms with E-state index in [-0.39, 0.29) is 23.5 Å². The number of benzene rings is 2. The van der Waals surface area contributed by atoms with Crippen molar-refractivity contribution in [2.24, 2.45) is 5.92 Å². The number of nitrogens with zero attached hydrogens (tertiary/aromatic N) is 3. The molecule has 0 spiro atoms. The average Bonchev–Trinajstić information content (AvgIpc) is 3.61. The molecule has 0 radical (unpaired) electrons. The minimum atomic E-state index is -3.76. The number of hydrogen-bond acceptors (Lipinski definition) is 5. The molecule has 1 saturated carbocycles. The summed E-state index contributed by atoms with van der Waals surface area (Å²) in [6.45, 7) is 2.59. The standard InChI is InChI=1S/C27H30F2N4O4S2/c1-38(34,35)21-4-7-25-20(14-21)17-32(16-18-2-3-18)39(36,37)33(25)13-12-31-10-8-19(9-11-31)23-15-30-27-22(23)5-6-24(28)26(27)29/h4-8,14-15,18,30H,2-3,9-13,16-17H2,1H3. The normalized spacial score (nSPS) is 20.3. The first-order valence-corrected chi connectivity index (χ1v) is 16.3. The quantitative estimate of drug-likeness (QED) is 0.460. The second kappa shape index (κ2) is 9.69. The van der Waals surface area contributed by atoms with Gasteiger partial charge in [0.2, 0.25) is 0 Å². The number of sulfone groups is 1. The highest BCUT2D eigenvalue weighted by Gasteiger charge is 2.39. The fourth-order valence-corrected chi connectivity index (χ4v) is 7.87. The number of fused-ring (bicyclic) bond motifs is 2. The van der Waals surface area contributed by atoms with Crippen LogP contribution < -0.4 is 4.31 Å². The van der Waals surface area contributed by atoms with Gasteiger partial charge in [-0.1, -0.05) is 6.08 Å². The Morgan fingerprint density at radius 3 is 2.59 bits per heavy atom. The maximum atomic E-state index is 14.1. The number of hydrogen-bond donors (Lipinski definition) is 1. The summed E-state index contributed by atoms with van der Waals surface area (Å²) in [5.41, 5.74) is 3.24. The Morgan fingerprint density at radius 1 is 1.10 bits per heavy atom. The molecule has 1 N–H and O–H groups in total. The van der Waals surface area contributed by atoms with E-state index in [0.29, 0.717) is 55.2 Å². The molecule has 2 aliphatic heterocycles. The zero-order chi connectivity index (χ0) is 27.5. The van der Waals surface area contributed by atoms with Crippen LogP contribution in [-0.4, -0.2) is 70.0 Å². The highest BCUT2D eigenvalue weighted by Crippen LogP contribution is 2.38. The molecule has 3 aliphatic rings. The number of aromatic nitrogens is 1. The Bertz CT molecular complexity index is 1700. The summed E-state index contributed by atoms with van der Waals surface area (Å²) in [6.07, 6.45) is 7.58. The van der Waals surface area contributed by atoms with E-state index in [4.69, 9.17) is 0 Å². The molecule has 0 amide bonds. The molecule has 8 nitrogen and oxygen atoms in total. The predicted molar refractivity (Wildman–Crippen MR) is 146 cm³/mol. The van der Waals surface area contributed by atoms with Gasteiger partial charge in [0, 0.05) is 62.7 Å². The predicted octanol–water partition coefficient (Wildman–Crippen LogP) is 3.92. The summed E-state index contributed by atoms with van der Waals surface area (Å²) in [4.78, 5) is 5.17. The SMILES string of the molecule is CS(=O)(=O)c1ccc2c(c1)CN(CC1CC1)S(=O)(=O)N2CCN1CC=C(c2c[nH]c3c(F)c(F)ccc23)CC1. The van der Waals surface area contributed by atoms with Crippen molar-refractivity contribution >= 4 is 42.2 Å². The number of nitrogens with one attached hydrogen (secondary N) is 1. The van der Waals surface area contributed by atoms with E-state index in [1.807, 2.05) is 6.08 Å². The number of anilines is 1. The molecular formula is C27H30F2N4O4S2. The van der Waals surface area contributed by atoms with Crippen molar-refractivity contribution in [2.75, 3.05) is 43.3 Å². The van der Waals surface area contributed by atoms with E-state index >= 15 is 0 Å². The highest BCUT2D eigenvalue weighted by molar-refractivity contribution is 7.91. The van der Waals surface area contributed by atoms with E-state index in [2.05, 4.69) is 9.88 Å². The van der Waals surface area contributed by atoms with Crippen LogP contribution in [0.25, 0.3) is 16.5 Å². The number of aromatic amines is 1. The van der Waals surface area contributed by atoms with Crippen molar-refractivity contribution in [1.29, 1.82) is 0 Å². The van der Waals surface area contributed by atoms with Crippen LogP contribution in [0.15, 0.2) is 47.5 Å². The molecule has 3 aromatic rings. The smallest absolute Gasteiger partial charge is 0.304 e. The zero-order valence-corrected chi connectivity index (χ0v) is 23.2. The Labute approximate surface area is 227 Å².